The zero-order chi connectivity index (χ0) is 13.6. The van der Waals surface area contributed by atoms with Gasteiger partial charge in [0, 0.05) is 12.5 Å². The van der Waals surface area contributed by atoms with Crippen molar-refractivity contribution in [1.82, 2.24) is 4.72 Å². The summed E-state index contributed by atoms with van der Waals surface area (Å²) in [6.45, 7) is 3.86. The lowest BCUT2D eigenvalue weighted by Gasteiger charge is -2.14. The fourth-order valence-corrected chi connectivity index (χ4v) is 2.88. The molecule has 0 amide bonds. The summed E-state index contributed by atoms with van der Waals surface area (Å²) < 4.78 is 26.1. The van der Waals surface area contributed by atoms with Crippen LogP contribution in [0.15, 0.2) is 30.3 Å². The summed E-state index contributed by atoms with van der Waals surface area (Å²) in [4.78, 5) is 10.7. The molecular formula is C13H18NO3S. The van der Waals surface area contributed by atoms with Gasteiger partial charge in [0.05, 0.1) is 5.75 Å². The summed E-state index contributed by atoms with van der Waals surface area (Å²) in [5.41, 5.74) is 0.886. The Morgan fingerprint density at radius 2 is 1.83 bits per heavy atom. The summed E-state index contributed by atoms with van der Waals surface area (Å²) in [7, 11) is -3.45. The van der Waals surface area contributed by atoms with E-state index in [0.29, 0.717) is 0 Å². The van der Waals surface area contributed by atoms with Gasteiger partial charge < -0.3 is 0 Å². The Labute approximate surface area is 108 Å². The van der Waals surface area contributed by atoms with Crippen molar-refractivity contribution in [3.8, 4) is 0 Å². The molecule has 0 aliphatic carbocycles. The van der Waals surface area contributed by atoms with E-state index in [1.807, 2.05) is 44.2 Å². The molecule has 0 fully saturated rings. The quantitative estimate of drug-likeness (QED) is 0.815. The molecule has 99 valence electrons. The first kappa shape index (κ1) is 14.9. The monoisotopic (exact) mass is 268 g/mol. The van der Waals surface area contributed by atoms with E-state index >= 15 is 0 Å². The molecule has 4 nitrogen and oxygen atoms in total. The third kappa shape index (κ3) is 4.98. The van der Waals surface area contributed by atoms with Crippen LogP contribution in [0.4, 0.5) is 0 Å². The molecule has 0 aromatic heterocycles. The summed E-state index contributed by atoms with van der Waals surface area (Å²) in [6.07, 6.45) is 1.79. The summed E-state index contributed by atoms with van der Waals surface area (Å²) in [5, 5.41) is 0. The Balaban J connectivity index is 2.57. The Hall–Kier alpha value is -1.20. The van der Waals surface area contributed by atoms with E-state index in [1.54, 1.807) is 6.29 Å². The predicted molar refractivity (Wildman–Crippen MR) is 71.1 cm³/mol. The molecule has 5 heteroatoms. The van der Waals surface area contributed by atoms with Crippen LogP contribution in [0.3, 0.4) is 0 Å². The minimum Gasteiger partial charge on any atom is -0.291 e. The van der Waals surface area contributed by atoms with E-state index in [1.165, 1.54) is 0 Å². The molecule has 0 bridgehead atoms. The third-order valence-electron chi connectivity index (χ3n) is 2.69. The largest absolute Gasteiger partial charge is 0.291 e. The number of carbonyl (C=O) groups excluding carboxylic acids is 1. The van der Waals surface area contributed by atoms with Crippen molar-refractivity contribution in [2.45, 2.75) is 20.4 Å². The van der Waals surface area contributed by atoms with Crippen molar-refractivity contribution >= 4 is 16.3 Å². The van der Waals surface area contributed by atoms with Crippen LogP contribution in [-0.4, -0.2) is 20.5 Å². The van der Waals surface area contributed by atoms with E-state index in [-0.39, 0.29) is 18.2 Å². The number of benzene rings is 1. The molecule has 1 N–H and O–H groups in total. The average molecular weight is 268 g/mol. The maximum atomic E-state index is 11.8. The van der Waals surface area contributed by atoms with Crippen molar-refractivity contribution < 1.29 is 13.2 Å². The van der Waals surface area contributed by atoms with Crippen LogP contribution < -0.4 is 4.72 Å². The molecule has 1 rings (SSSR count). The second-order valence-corrected chi connectivity index (χ2v) is 6.41. The van der Waals surface area contributed by atoms with E-state index in [9.17, 15) is 13.2 Å². The zero-order valence-electron chi connectivity index (χ0n) is 10.6. The van der Waals surface area contributed by atoms with Gasteiger partial charge in [-0.1, -0.05) is 44.2 Å². The van der Waals surface area contributed by atoms with Gasteiger partial charge in [-0.3, -0.25) is 4.79 Å². The first-order valence-corrected chi connectivity index (χ1v) is 7.49. The number of nitrogens with one attached hydrogen (secondary N) is 1. The average Bonchev–Trinajstić information content (AvgIpc) is 2.35. The van der Waals surface area contributed by atoms with Gasteiger partial charge in [0.2, 0.25) is 16.3 Å². The van der Waals surface area contributed by atoms with Crippen LogP contribution in [0.1, 0.15) is 19.4 Å². The van der Waals surface area contributed by atoms with Crippen molar-refractivity contribution in [2.24, 2.45) is 11.8 Å². The highest BCUT2D eigenvalue weighted by atomic mass is 32.2. The van der Waals surface area contributed by atoms with Crippen LogP contribution in [0, 0.1) is 11.8 Å². The maximum absolute atomic E-state index is 11.8. The molecule has 0 aliphatic rings. The van der Waals surface area contributed by atoms with Crippen LogP contribution in [0.25, 0.3) is 0 Å². The molecule has 0 aliphatic heterocycles. The fourth-order valence-electron chi connectivity index (χ4n) is 1.45. The topological polar surface area (TPSA) is 63.2 Å². The summed E-state index contributed by atoms with van der Waals surface area (Å²) in [5.74, 6) is -0.824. The van der Waals surface area contributed by atoms with Crippen LogP contribution in [0.2, 0.25) is 0 Å². The first-order chi connectivity index (χ1) is 8.44. The lowest BCUT2D eigenvalue weighted by atomic mass is 10.0. The van der Waals surface area contributed by atoms with Gasteiger partial charge in [-0.2, -0.15) is 0 Å². The van der Waals surface area contributed by atoms with Gasteiger partial charge in [-0.05, 0) is 11.5 Å². The van der Waals surface area contributed by atoms with Crippen LogP contribution in [0.5, 0.6) is 0 Å². The minimum absolute atomic E-state index is 0.0317. The number of rotatable bonds is 7. The first-order valence-electron chi connectivity index (χ1n) is 5.83. The summed E-state index contributed by atoms with van der Waals surface area (Å²) >= 11 is 0. The smallest absolute Gasteiger partial charge is 0.212 e. The number of sulfonamides is 1. The van der Waals surface area contributed by atoms with E-state index < -0.39 is 15.9 Å². The Morgan fingerprint density at radius 3 is 2.33 bits per heavy atom. The highest BCUT2D eigenvalue weighted by Crippen LogP contribution is 2.10. The van der Waals surface area contributed by atoms with Gasteiger partial charge in [-0.15, -0.1) is 0 Å². The van der Waals surface area contributed by atoms with Gasteiger partial charge in [-0.25, -0.2) is 13.1 Å². The molecule has 1 atom stereocenters. The van der Waals surface area contributed by atoms with E-state index in [0.717, 1.165) is 5.56 Å². The Kier molecular flexibility index (Phi) is 5.50. The van der Waals surface area contributed by atoms with E-state index in [4.69, 9.17) is 0 Å². The molecule has 0 heterocycles. The second-order valence-electron chi connectivity index (χ2n) is 4.56. The van der Waals surface area contributed by atoms with Gasteiger partial charge >= 0.3 is 0 Å². The third-order valence-corrected chi connectivity index (χ3v) is 4.08. The van der Waals surface area contributed by atoms with Crippen LogP contribution >= 0.6 is 0 Å². The molecule has 1 unspecified atom stereocenters. The van der Waals surface area contributed by atoms with Gasteiger partial charge in [0.25, 0.3) is 0 Å². The molecule has 18 heavy (non-hydrogen) atoms. The molecule has 1 aromatic carbocycles. The maximum Gasteiger partial charge on any atom is 0.212 e. The normalized spacial score (nSPS) is 13.5. The molecule has 0 saturated heterocycles. The SMILES string of the molecule is CC(C)C([C]=O)CS(=O)(=O)NCc1ccccc1. The lowest BCUT2D eigenvalue weighted by molar-refractivity contribution is 0.465. The fraction of sp³-hybridized carbons (Fsp3) is 0.462. The number of hydrogen-bond acceptors (Lipinski definition) is 3. The molecule has 0 saturated carbocycles. The van der Waals surface area contributed by atoms with Crippen molar-refractivity contribution in [3.63, 3.8) is 0 Å². The molecule has 1 aromatic rings. The highest BCUT2D eigenvalue weighted by Gasteiger charge is 2.21. The van der Waals surface area contributed by atoms with Gasteiger partial charge in [0.15, 0.2) is 0 Å². The lowest BCUT2D eigenvalue weighted by Crippen LogP contribution is -2.31. The van der Waals surface area contributed by atoms with E-state index in [2.05, 4.69) is 4.72 Å². The second kappa shape index (κ2) is 6.66. The van der Waals surface area contributed by atoms with Crippen LogP contribution in [-0.2, 0) is 21.4 Å². The van der Waals surface area contributed by atoms with Crippen molar-refractivity contribution in [2.75, 3.05) is 5.75 Å². The number of hydrogen-bond donors (Lipinski definition) is 1. The van der Waals surface area contributed by atoms with Gasteiger partial charge in [0.1, 0.15) is 0 Å². The Morgan fingerprint density at radius 1 is 1.22 bits per heavy atom. The predicted octanol–water partition coefficient (Wildman–Crippen LogP) is 1.49. The molecule has 1 radical (unpaired) electrons. The van der Waals surface area contributed by atoms with Crippen molar-refractivity contribution in [1.29, 1.82) is 0 Å². The minimum atomic E-state index is -3.45. The van der Waals surface area contributed by atoms with Crippen molar-refractivity contribution in [3.05, 3.63) is 35.9 Å². The standard InChI is InChI=1S/C13H18NO3S/c1-11(2)13(9-15)10-18(16,17)14-8-12-6-4-3-5-7-12/h3-7,11,13-14H,8,10H2,1-2H3. The zero-order valence-corrected chi connectivity index (χ0v) is 11.4. The summed E-state index contributed by atoms with van der Waals surface area (Å²) in [6, 6.07) is 9.25. The molecular weight excluding hydrogens is 250 g/mol. The highest BCUT2D eigenvalue weighted by molar-refractivity contribution is 7.89. The molecule has 0 spiro atoms. The Bertz CT molecular complexity index is 468.